The van der Waals surface area contributed by atoms with Gasteiger partial charge >= 0.3 is 5.25 Å². The number of halogens is 3. The smallest absolute Gasteiger partial charge is 0.218 e. The third kappa shape index (κ3) is 0.941. The topological polar surface area (TPSA) is 0 Å². The van der Waals surface area contributed by atoms with E-state index in [0.29, 0.717) is 0 Å². The highest BCUT2D eigenvalue weighted by Gasteiger charge is 2.76. The van der Waals surface area contributed by atoms with Crippen LogP contribution in [0, 0.1) is 0 Å². The summed E-state index contributed by atoms with van der Waals surface area (Å²) in [6.45, 7) is 0. The predicted octanol–water partition coefficient (Wildman–Crippen LogP) is 3.15. The van der Waals surface area contributed by atoms with E-state index in [1.54, 1.807) is 18.2 Å². The van der Waals surface area contributed by atoms with Crippen molar-refractivity contribution in [1.82, 2.24) is 0 Å². The molecule has 0 radical (unpaired) electrons. The molecule has 0 spiro atoms. The standard InChI is InChI=1S/C8H5F3S/c9-7(8(10,11)12-7)6-4-2-1-3-5-6/h1-5H. The Morgan fingerprint density at radius 3 is 1.92 bits per heavy atom. The fourth-order valence-electron chi connectivity index (χ4n) is 1.03. The molecule has 1 saturated heterocycles. The predicted molar refractivity (Wildman–Crippen MR) is 41.8 cm³/mol. The third-order valence-corrected chi connectivity index (χ3v) is 2.85. The van der Waals surface area contributed by atoms with Crippen LogP contribution >= 0.6 is 11.8 Å². The van der Waals surface area contributed by atoms with Crippen LogP contribution in [0.15, 0.2) is 30.3 Å². The molecule has 0 nitrogen and oxygen atoms in total. The Hall–Kier alpha value is -0.640. The Balaban J connectivity index is 2.35. The van der Waals surface area contributed by atoms with Crippen LogP contribution in [-0.2, 0) is 5.00 Å². The van der Waals surface area contributed by atoms with Crippen molar-refractivity contribution in [2.24, 2.45) is 0 Å². The lowest BCUT2D eigenvalue weighted by Crippen LogP contribution is -2.09. The maximum Gasteiger partial charge on any atom is 0.344 e. The SMILES string of the molecule is FC1(F)SC1(F)c1ccccc1. The first-order valence-electron chi connectivity index (χ1n) is 3.39. The summed E-state index contributed by atoms with van der Waals surface area (Å²) in [4.78, 5) is 0. The summed E-state index contributed by atoms with van der Waals surface area (Å²) in [6, 6.07) is 7.50. The van der Waals surface area contributed by atoms with E-state index < -0.39 is 10.3 Å². The van der Waals surface area contributed by atoms with E-state index >= 15 is 0 Å². The van der Waals surface area contributed by atoms with Crippen molar-refractivity contribution >= 4 is 11.8 Å². The highest BCUT2D eigenvalue weighted by atomic mass is 32.2. The summed E-state index contributed by atoms with van der Waals surface area (Å²) in [5.74, 6) is 0. The van der Waals surface area contributed by atoms with Crippen molar-refractivity contribution in [2.75, 3.05) is 0 Å². The number of rotatable bonds is 1. The molecule has 0 amide bonds. The van der Waals surface area contributed by atoms with Crippen molar-refractivity contribution in [3.8, 4) is 0 Å². The molecule has 1 heterocycles. The van der Waals surface area contributed by atoms with Crippen LogP contribution in [0.3, 0.4) is 0 Å². The van der Waals surface area contributed by atoms with Crippen LogP contribution in [0.4, 0.5) is 13.2 Å². The van der Waals surface area contributed by atoms with Gasteiger partial charge in [-0.25, -0.2) is 4.39 Å². The van der Waals surface area contributed by atoms with E-state index in [1.165, 1.54) is 12.1 Å². The molecule has 1 fully saturated rings. The lowest BCUT2D eigenvalue weighted by molar-refractivity contribution is 0.0471. The van der Waals surface area contributed by atoms with Gasteiger partial charge in [0, 0.05) is 5.56 Å². The zero-order chi connectivity index (χ0) is 8.82. The van der Waals surface area contributed by atoms with Crippen molar-refractivity contribution < 1.29 is 13.2 Å². The molecule has 1 aromatic rings. The van der Waals surface area contributed by atoms with E-state index in [2.05, 4.69) is 0 Å². The summed E-state index contributed by atoms with van der Waals surface area (Å²) < 4.78 is 38.1. The van der Waals surface area contributed by atoms with Gasteiger partial charge in [-0.3, -0.25) is 0 Å². The van der Waals surface area contributed by atoms with Gasteiger partial charge in [-0.1, -0.05) is 30.3 Å². The molecule has 0 aliphatic carbocycles. The molecule has 0 saturated carbocycles. The van der Waals surface area contributed by atoms with Crippen LogP contribution in [0.2, 0.25) is 0 Å². The largest absolute Gasteiger partial charge is 0.344 e. The Morgan fingerprint density at radius 1 is 1.00 bits per heavy atom. The maximum absolute atomic E-state index is 13.2. The second-order valence-corrected chi connectivity index (χ2v) is 3.86. The molecule has 12 heavy (non-hydrogen) atoms. The molecule has 1 aliphatic heterocycles. The fourth-order valence-corrected chi connectivity index (χ4v) is 1.70. The van der Waals surface area contributed by atoms with Gasteiger partial charge < -0.3 is 0 Å². The lowest BCUT2D eigenvalue weighted by atomic mass is 10.1. The summed E-state index contributed by atoms with van der Waals surface area (Å²) in [5.41, 5.74) is 0.0417. The molecular formula is C8H5F3S. The van der Waals surface area contributed by atoms with Gasteiger partial charge in [0.1, 0.15) is 0 Å². The molecule has 2 rings (SSSR count). The number of thioether (sulfide) groups is 1. The lowest BCUT2D eigenvalue weighted by Gasteiger charge is -2.02. The minimum Gasteiger partial charge on any atom is -0.218 e. The fraction of sp³-hybridized carbons (Fsp3) is 0.250. The van der Waals surface area contributed by atoms with Crippen LogP contribution in [0.5, 0.6) is 0 Å². The Labute approximate surface area is 71.8 Å². The van der Waals surface area contributed by atoms with E-state index in [-0.39, 0.29) is 17.3 Å². The van der Waals surface area contributed by atoms with E-state index in [9.17, 15) is 13.2 Å². The highest BCUT2D eigenvalue weighted by molar-refractivity contribution is 8.08. The second kappa shape index (κ2) is 2.19. The first-order chi connectivity index (χ1) is 5.56. The molecule has 0 N–H and O–H groups in total. The van der Waals surface area contributed by atoms with E-state index in [1.807, 2.05) is 0 Å². The zero-order valence-electron chi connectivity index (χ0n) is 5.93. The van der Waals surface area contributed by atoms with Crippen LogP contribution in [0.25, 0.3) is 0 Å². The molecule has 1 atom stereocenters. The summed E-state index contributed by atoms with van der Waals surface area (Å²) >= 11 is 0.0492. The molecule has 1 unspecified atom stereocenters. The quantitative estimate of drug-likeness (QED) is 0.613. The van der Waals surface area contributed by atoms with Gasteiger partial charge in [0.25, 0.3) is 5.00 Å². The van der Waals surface area contributed by atoms with Gasteiger partial charge in [0.15, 0.2) is 0 Å². The maximum atomic E-state index is 13.2. The van der Waals surface area contributed by atoms with Crippen LogP contribution in [-0.4, -0.2) is 5.25 Å². The average molecular weight is 190 g/mol. The minimum atomic E-state index is -3.24. The first kappa shape index (κ1) is 7.98. The van der Waals surface area contributed by atoms with Crippen LogP contribution < -0.4 is 0 Å². The third-order valence-electron chi connectivity index (χ3n) is 1.75. The molecule has 0 aromatic heterocycles. The zero-order valence-corrected chi connectivity index (χ0v) is 6.75. The first-order valence-corrected chi connectivity index (χ1v) is 4.20. The molecule has 1 aliphatic rings. The Bertz CT molecular complexity index is 298. The number of hydrogen-bond acceptors (Lipinski definition) is 1. The van der Waals surface area contributed by atoms with Gasteiger partial charge in [-0.05, 0) is 11.8 Å². The van der Waals surface area contributed by atoms with Crippen molar-refractivity contribution in [3.05, 3.63) is 35.9 Å². The monoisotopic (exact) mass is 190 g/mol. The Morgan fingerprint density at radius 2 is 1.50 bits per heavy atom. The number of hydrogen-bond donors (Lipinski definition) is 0. The molecular weight excluding hydrogens is 185 g/mol. The molecule has 1 aromatic carbocycles. The second-order valence-electron chi connectivity index (χ2n) is 2.58. The number of benzene rings is 1. The van der Waals surface area contributed by atoms with Gasteiger partial charge in [-0.15, -0.1) is 0 Å². The van der Waals surface area contributed by atoms with Crippen molar-refractivity contribution in [2.45, 2.75) is 10.3 Å². The normalized spacial score (nSPS) is 31.6. The van der Waals surface area contributed by atoms with E-state index in [0.717, 1.165) is 0 Å². The van der Waals surface area contributed by atoms with Crippen molar-refractivity contribution in [1.29, 1.82) is 0 Å². The minimum absolute atomic E-state index is 0.0417. The van der Waals surface area contributed by atoms with Crippen molar-refractivity contribution in [3.63, 3.8) is 0 Å². The van der Waals surface area contributed by atoms with Crippen LogP contribution in [0.1, 0.15) is 5.56 Å². The van der Waals surface area contributed by atoms with Gasteiger partial charge in [0.2, 0.25) is 0 Å². The van der Waals surface area contributed by atoms with Gasteiger partial charge in [0.05, 0.1) is 0 Å². The highest BCUT2D eigenvalue weighted by Crippen LogP contribution is 2.72. The number of alkyl halides is 3. The summed E-state index contributed by atoms with van der Waals surface area (Å²) in [7, 11) is 0. The molecule has 0 bridgehead atoms. The molecule has 4 heteroatoms. The molecule has 64 valence electrons. The summed E-state index contributed by atoms with van der Waals surface area (Å²) in [6.07, 6.45) is 0. The van der Waals surface area contributed by atoms with E-state index in [4.69, 9.17) is 0 Å². The average Bonchev–Trinajstić information content (AvgIpc) is 2.55. The summed E-state index contributed by atoms with van der Waals surface area (Å²) in [5, 5.41) is -5.72. The van der Waals surface area contributed by atoms with Gasteiger partial charge in [-0.2, -0.15) is 8.78 Å². The Kier molecular flexibility index (Phi) is 1.46.